The first-order valence-electron chi connectivity index (χ1n) is 7.53. The van der Waals surface area contributed by atoms with E-state index in [0.717, 1.165) is 30.7 Å². The summed E-state index contributed by atoms with van der Waals surface area (Å²) in [7, 11) is -3.50. The number of benzene rings is 1. The maximum absolute atomic E-state index is 11.7. The highest BCUT2D eigenvalue weighted by atomic mass is 32.2. The molecule has 7 nitrogen and oxygen atoms in total. The number of aromatic nitrogens is 1. The van der Waals surface area contributed by atoms with Gasteiger partial charge in [0.15, 0.2) is 9.84 Å². The van der Waals surface area contributed by atoms with Crippen molar-refractivity contribution in [3.05, 3.63) is 58.4 Å². The number of hydrogen-bond donors (Lipinski definition) is 0. The van der Waals surface area contributed by atoms with Crippen LogP contribution in [0.1, 0.15) is 24.4 Å². The highest BCUT2D eigenvalue weighted by molar-refractivity contribution is 7.90. The fourth-order valence-corrected chi connectivity index (χ4v) is 3.74. The SMILES string of the molecule is CS(=O)(=O)c1ccc(N2CCC[C@H]2c2cccnc2)c([N+](=O)[O-])c1. The molecule has 1 aliphatic rings. The smallest absolute Gasteiger partial charge is 0.293 e. The van der Waals surface area contributed by atoms with Crippen molar-refractivity contribution in [2.24, 2.45) is 0 Å². The number of anilines is 1. The summed E-state index contributed by atoms with van der Waals surface area (Å²) >= 11 is 0. The summed E-state index contributed by atoms with van der Waals surface area (Å²) in [5, 5.41) is 11.5. The van der Waals surface area contributed by atoms with Crippen LogP contribution in [0.25, 0.3) is 0 Å². The first-order chi connectivity index (χ1) is 11.4. The minimum Gasteiger partial charge on any atom is -0.359 e. The van der Waals surface area contributed by atoms with Gasteiger partial charge in [-0.25, -0.2) is 8.42 Å². The van der Waals surface area contributed by atoms with Gasteiger partial charge in [-0.05, 0) is 36.6 Å². The lowest BCUT2D eigenvalue weighted by atomic mass is 10.1. The number of sulfone groups is 1. The van der Waals surface area contributed by atoms with Gasteiger partial charge in [-0.3, -0.25) is 15.1 Å². The van der Waals surface area contributed by atoms with Gasteiger partial charge in [0.05, 0.1) is 15.9 Å². The first kappa shape index (κ1) is 16.4. The average Bonchev–Trinajstić information content (AvgIpc) is 3.03. The largest absolute Gasteiger partial charge is 0.359 e. The number of pyridine rings is 1. The van der Waals surface area contributed by atoms with Gasteiger partial charge in [-0.15, -0.1) is 0 Å². The molecule has 0 saturated carbocycles. The van der Waals surface area contributed by atoms with E-state index in [1.165, 1.54) is 12.1 Å². The molecule has 0 radical (unpaired) electrons. The molecule has 24 heavy (non-hydrogen) atoms. The third kappa shape index (κ3) is 3.09. The number of rotatable bonds is 4. The standard InChI is InChI=1S/C16H17N3O4S/c1-24(22,23)13-6-7-15(16(10-13)19(20)21)18-9-3-5-14(18)12-4-2-8-17-11-12/h2,4,6-8,10-11,14H,3,5,9H2,1H3/t14-/m0/s1. The molecule has 1 fully saturated rings. The Bertz CT molecular complexity index is 868. The Labute approximate surface area is 140 Å². The van der Waals surface area contributed by atoms with E-state index in [9.17, 15) is 18.5 Å². The first-order valence-corrected chi connectivity index (χ1v) is 9.42. The fraction of sp³-hybridized carbons (Fsp3) is 0.312. The van der Waals surface area contributed by atoms with E-state index >= 15 is 0 Å². The van der Waals surface area contributed by atoms with Gasteiger partial charge in [-0.1, -0.05) is 6.07 Å². The van der Waals surface area contributed by atoms with Gasteiger partial charge < -0.3 is 4.90 Å². The van der Waals surface area contributed by atoms with Crippen molar-refractivity contribution in [3.8, 4) is 0 Å². The molecule has 1 aliphatic heterocycles. The molecule has 0 spiro atoms. The zero-order valence-corrected chi connectivity index (χ0v) is 13.9. The zero-order chi connectivity index (χ0) is 17.3. The van der Waals surface area contributed by atoms with Gasteiger partial charge in [0.1, 0.15) is 5.69 Å². The van der Waals surface area contributed by atoms with E-state index in [0.29, 0.717) is 12.2 Å². The molecule has 2 aromatic rings. The van der Waals surface area contributed by atoms with Gasteiger partial charge >= 0.3 is 0 Å². The molecule has 3 rings (SSSR count). The van der Waals surface area contributed by atoms with Gasteiger partial charge in [-0.2, -0.15) is 0 Å². The number of nitrogens with zero attached hydrogens (tertiary/aromatic N) is 3. The van der Waals surface area contributed by atoms with Crippen LogP contribution in [0.3, 0.4) is 0 Å². The molecular weight excluding hydrogens is 330 g/mol. The van der Waals surface area contributed by atoms with E-state index < -0.39 is 14.8 Å². The van der Waals surface area contributed by atoms with E-state index in [1.807, 2.05) is 17.0 Å². The lowest BCUT2D eigenvalue weighted by Gasteiger charge is -2.26. The number of nitro benzene ring substituents is 1. The van der Waals surface area contributed by atoms with Crippen molar-refractivity contribution in [2.45, 2.75) is 23.8 Å². The Kier molecular flexibility index (Phi) is 4.23. The molecule has 1 atom stereocenters. The van der Waals surface area contributed by atoms with Gasteiger partial charge in [0.25, 0.3) is 5.69 Å². The molecule has 1 aromatic heterocycles. The minimum atomic E-state index is -3.50. The second-order valence-electron chi connectivity index (χ2n) is 5.82. The van der Waals surface area contributed by atoms with Crippen molar-refractivity contribution in [1.82, 2.24) is 4.98 Å². The molecule has 1 aromatic carbocycles. The average molecular weight is 347 g/mol. The molecule has 0 N–H and O–H groups in total. The maximum atomic E-state index is 11.7. The molecule has 0 bridgehead atoms. The summed E-state index contributed by atoms with van der Waals surface area (Å²) < 4.78 is 23.4. The van der Waals surface area contributed by atoms with Crippen LogP contribution in [0.5, 0.6) is 0 Å². The number of hydrogen-bond acceptors (Lipinski definition) is 6. The third-order valence-corrected chi connectivity index (χ3v) is 5.31. The Hall–Kier alpha value is -2.48. The second kappa shape index (κ2) is 6.20. The topological polar surface area (TPSA) is 93.4 Å². The summed E-state index contributed by atoms with van der Waals surface area (Å²) in [6, 6.07) is 7.89. The van der Waals surface area contributed by atoms with Crippen LogP contribution in [0.2, 0.25) is 0 Å². The van der Waals surface area contributed by atoms with Crippen molar-refractivity contribution in [3.63, 3.8) is 0 Å². The Balaban J connectivity index is 2.06. The molecular formula is C16H17N3O4S. The minimum absolute atomic E-state index is 0.00137. The van der Waals surface area contributed by atoms with Crippen LogP contribution < -0.4 is 4.90 Å². The second-order valence-corrected chi connectivity index (χ2v) is 7.83. The molecule has 2 heterocycles. The normalized spacial score (nSPS) is 17.9. The van der Waals surface area contributed by atoms with Crippen LogP contribution in [0.15, 0.2) is 47.6 Å². The predicted molar refractivity (Wildman–Crippen MR) is 89.8 cm³/mol. The van der Waals surface area contributed by atoms with Crippen molar-refractivity contribution >= 4 is 21.2 Å². The Morgan fingerprint density at radius 3 is 2.75 bits per heavy atom. The van der Waals surface area contributed by atoms with Crippen LogP contribution >= 0.6 is 0 Å². The number of nitro groups is 1. The zero-order valence-electron chi connectivity index (χ0n) is 13.1. The maximum Gasteiger partial charge on any atom is 0.293 e. The van der Waals surface area contributed by atoms with E-state index in [1.54, 1.807) is 12.4 Å². The molecule has 0 amide bonds. The van der Waals surface area contributed by atoms with Gasteiger partial charge in [0, 0.05) is 31.3 Å². The van der Waals surface area contributed by atoms with Crippen molar-refractivity contribution < 1.29 is 13.3 Å². The van der Waals surface area contributed by atoms with Crippen LogP contribution in [-0.2, 0) is 9.84 Å². The van der Waals surface area contributed by atoms with Crippen molar-refractivity contribution in [2.75, 3.05) is 17.7 Å². The lowest BCUT2D eigenvalue weighted by molar-refractivity contribution is -0.384. The van der Waals surface area contributed by atoms with E-state index in [2.05, 4.69) is 4.98 Å². The summed E-state index contributed by atoms with van der Waals surface area (Å²) in [6.07, 6.45) is 6.27. The van der Waals surface area contributed by atoms with E-state index in [-0.39, 0.29) is 16.6 Å². The monoisotopic (exact) mass is 347 g/mol. The molecule has 8 heteroatoms. The Morgan fingerprint density at radius 2 is 2.12 bits per heavy atom. The summed E-state index contributed by atoms with van der Waals surface area (Å²) in [5.74, 6) is 0. The molecule has 1 saturated heterocycles. The summed E-state index contributed by atoms with van der Waals surface area (Å²) in [4.78, 5) is 17.0. The summed E-state index contributed by atoms with van der Waals surface area (Å²) in [6.45, 7) is 0.679. The predicted octanol–water partition coefficient (Wildman–Crippen LogP) is 2.73. The molecule has 0 unspecified atom stereocenters. The highest BCUT2D eigenvalue weighted by Gasteiger charge is 2.31. The highest BCUT2D eigenvalue weighted by Crippen LogP contribution is 2.40. The Morgan fingerprint density at radius 1 is 1.33 bits per heavy atom. The fourth-order valence-electron chi connectivity index (χ4n) is 3.10. The quantitative estimate of drug-likeness (QED) is 0.623. The molecule has 126 valence electrons. The molecule has 0 aliphatic carbocycles. The van der Waals surface area contributed by atoms with Crippen molar-refractivity contribution in [1.29, 1.82) is 0 Å². The van der Waals surface area contributed by atoms with Crippen LogP contribution in [-0.4, -0.2) is 31.1 Å². The van der Waals surface area contributed by atoms with Crippen LogP contribution in [0.4, 0.5) is 11.4 Å². The lowest BCUT2D eigenvalue weighted by Crippen LogP contribution is -2.23. The van der Waals surface area contributed by atoms with Gasteiger partial charge in [0.2, 0.25) is 0 Å². The van der Waals surface area contributed by atoms with E-state index in [4.69, 9.17) is 0 Å². The third-order valence-electron chi connectivity index (χ3n) is 4.20. The summed E-state index contributed by atoms with van der Waals surface area (Å²) in [5.41, 5.74) is 1.25. The van der Waals surface area contributed by atoms with Crippen LogP contribution in [0, 0.1) is 10.1 Å².